The van der Waals surface area contributed by atoms with E-state index in [1.54, 1.807) is 6.07 Å². The van der Waals surface area contributed by atoms with E-state index < -0.39 is 0 Å². The van der Waals surface area contributed by atoms with Crippen molar-refractivity contribution in [3.05, 3.63) is 29.8 Å². The molecule has 5 heteroatoms. The number of rotatable bonds is 7. The second-order valence-corrected chi connectivity index (χ2v) is 7.74. The maximum Gasteiger partial charge on any atom is 0.252 e. The van der Waals surface area contributed by atoms with E-state index in [-0.39, 0.29) is 17.9 Å². The lowest BCUT2D eigenvalue weighted by Gasteiger charge is -2.21. The molecule has 0 aliphatic heterocycles. The highest BCUT2D eigenvalue weighted by Crippen LogP contribution is 2.24. The third-order valence-electron chi connectivity index (χ3n) is 4.22. The third-order valence-corrected chi connectivity index (χ3v) is 5.30. The standard InChI is InChI=1S/C19H28N2O2S/c1-14(2)21-19(23)16-10-6-7-11-17(16)24-13-18(22)20-12-15-8-4-3-5-9-15/h6-7,10-11,14-15H,3-5,8-9,12-13H2,1-2H3,(H,20,22)(H,21,23). The van der Waals surface area contributed by atoms with E-state index in [9.17, 15) is 9.59 Å². The molecule has 132 valence electrons. The van der Waals surface area contributed by atoms with Gasteiger partial charge in [-0.1, -0.05) is 31.4 Å². The Bertz CT molecular complexity index is 554. The number of thioether (sulfide) groups is 1. The molecule has 1 fully saturated rings. The van der Waals surface area contributed by atoms with Crippen molar-refractivity contribution >= 4 is 23.6 Å². The van der Waals surface area contributed by atoms with Crippen molar-refractivity contribution in [2.24, 2.45) is 5.92 Å². The number of nitrogens with one attached hydrogen (secondary N) is 2. The molecule has 0 aromatic heterocycles. The molecule has 1 aromatic rings. The van der Waals surface area contributed by atoms with Gasteiger partial charge in [-0.25, -0.2) is 0 Å². The fraction of sp³-hybridized carbons (Fsp3) is 0.579. The largest absolute Gasteiger partial charge is 0.355 e. The highest BCUT2D eigenvalue weighted by Gasteiger charge is 2.16. The van der Waals surface area contributed by atoms with Crippen LogP contribution in [-0.4, -0.2) is 30.2 Å². The van der Waals surface area contributed by atoms with E-state index in [0.29, 0.717) is 17.2 Å². The van der Waals surface area contributed by atoms with Crippen LogP contribution in [0.3, 0.4) is 0 Å². The van der Waals surface area contributed by atoms with Gasteiger partial charge in [-0.05, 0) is 44.7 Å². The van der Waals surface area contributed by atoms with Gasteiger partial charge in [-0.15, -0.1) is 11.8 Å². The molecular formula is C19H28N2O2S. The number of carbonyl (C=O) groups excluding carboxylic acids is 2. The van der Waals surface area contributed by atoms with Gasteiger partial charge >= 0.3 is 0 Å². The van der Waals surface area contributed by atoms with Crippen LogP contribution in [0.4, 0.5) is 0 Å². The van der Waals surface area contributed by atoms with E-state index in [0.717, 1.165) is 11.4 Å². The summed E-state index contributed by atoms with van der Waals surface area (Å²) in [6, 6.07) is 7.54. The van der Waals surface area contributed by atoms with Crippen LogP contribution in [0.1, 0.15) is 56.3 Å². The molecule has 0 unspecified atom stereocenters. The summed E-state index contributed by atoms with van der Waals surface area (Å²) in [5, 5.41) is 5.95. The maximum atomic E-state index is 12.2. The fourth-order valence-corrected chi connectivity index (χ4v) is 3.84. The lowest BCUT2D eigenvalue weighted by Crippen LogP contribution is -2.32. The lowest BCUT2D eigenvalue weighted by molar-refractivity contribution is -0.118. The van der Waals surface area contributed by atoms with Crippen molar-refractivity contribution in [3.8, 4) is 0 Å². The van der Waals surface area contributed by atoms with E-state index in [4.69, 9.17) is 0 Å². The summed E-state index contributed by atoms with van der Waals surface area (Å²) in [6.45, 7) is 4.66. The minimum atomic E-state index is -0.0873. The maximum absolute atomic E-state index is 12.2. The first-order valence-electron chi connectivity index (χ1n) is 8.85. The average molecular weight is 349 g/mol. The van der Waals surface area contributed by atoms with E-state index >= 15 is 0 Å². The molecule has 24 heavy (non-hydrogen) atoms. The smallest absolute Gasteiger partial charge is 0.252 e. The monoisotopic (exact) mass is 348 g/mol. The molecule has 0 radical (unpaired) electrons. The van der Waals surface area contributed by atoms with Gasteiger partial charge in [0.25, 0.3) is 5.91 Å². The SMILES string of the molecule is CC(C)NC(=O)c1ccccc1SCC(=O)NCC1CCCCC1. The van der Waals surface area contributed by atoms with Gasteiger partial charge in [-0.2, -0.15) is 0 Å². The van der Waals surface area contributed by atoms with Crippen molar-refractivity contribution in [2.45, 2.75) is 56.9 Å². The average Bonchev–Trinajstić information content (AvgIpc) is 2.58. The summed E-state index contributed by atoms with van der Waals surface area (Å²) >= 11 is 1.42. The topological polar surface area (TPSA) is 58.2 Å². The molecule has 2 rings (SSSR count). The molecule has 1 aliphatic carbocycles. The van der Waals surface area contributed by atoms with Crippen LogP contribution in [0, 0.1) is 5.92 Å². The number of amides is 2. The Morgan fingerprint density at radius 1 is 1.17 bits per heavy atom. The predicted molar refractivity (Wildman–Crippen MR) is 99.4 cm³/mol. The summed E-state index contributed by atoms with van der Waals surface area (Å²) in [6.07, 6.45) is 6.36. The van der Waals surface area contributed by atoms with Crippen molar-refractivity contribution < 1.29 is 9.59 Å². The van der Waals surface area contributed by atoms with Gasteiger partial charge in [0.15, 0.2) is 0 Å². The minimum Gasteiger partial charge on any atom is -0.355 e. The predicted octanol–water partition coefficient (Wildman–Crippen LogP) is 3.61. The highest BCUT2D eigenvalue weighted by molar-refractivity contribution is 8.00. The van der Waals surface area contributed by atoms with E-state index in [1.165, 1.54) is 43.9 Å². The molecule has 2 amide bonds. The van der Waals surface area contributed by atoms with Crippen LogP contribution >= 0.6 is 11.8 Å². The van der Waals surface area contributed by atoms with Crippen LogP contribution in [-0.2, 0) is 4.79 Å². The zero-order chi connectivity index (χ0) is 17.4. The molecule has 0 saturated heterocycles. The normalized spacial score (nSPS) is 15.3. The Hall–Kier alpha value is -1.49. The van der Waals surface area contributed by atoms with Gasteiger partial charge in [0.1, 0.15) is 0 Å². The van der Waals surface area contributed by atoms with Gasteiger partial charge in [0.05, 0.1) is 11.3 Å². The molecule has 0 bridgehead atoms. The Kier molecular flexibility index (Phi) is 7.63. The van der Waals surface area contributed by atoms with Gasteiger partial charge in [-0.3, -0.25) is 9.59 Å². The highest BCUT2D eigenvalue weighted by atomic mass is 32.2. The van der Waals surface area contributed by atoms with E-state index in [2.05, 4.69) is 10.6 Å². The number of benzene rings is 1. The Labute approximate surface area is 149 Å². The zero-order valence-electron chi connectivity index (χ0n) is 14.6. The van der Waals surface area contributed by atoms with Crippen LogP contribution < -0.4 is 10.6 Å². The van der Waals surface area contributed by atoms with Gasteiger partial charge < -0.3 is 10.6 Å². The zero-order valence-corrected chi connectivity index (χ0v) is 15.5. The van der Waals surface area contributed by atoms with Crippen LogP contribution in [0.5, 0.6) is 0 Å². The number of carbonyl (C=O) groups is 2. The summed E-state index contributed by atoms with van der Waals surface area (Å²) in [5.41, 5.74) is 0.635. The van der Waals surface area contributed by atoms with Gasteiger partial charge in [0, 0.05) is 17.5 Å². The molecule has 1 saturated carbocycles. The van der Waals surface area contributed by atoms with Crippen LogP contribution in [0.15, 0.2) is 29.2 Å². The number of hydrogen-bond acceptors (Lipinski definition) is 3. The molecule has 0 spiro atoms. The molecule has 1 aliphatic rings. The molecule has 1 aromatic carbocycles. The Balaban J connectivity index is 1.82. The van der Waals surface area contributed by atoms with E-state index in [1.807, 2.05) is 32.0 Å². The molecule has 0 atom stereocenters. The first-order chi connectivity index (χ1) is 11.6. The van der Waals surface area contributed by atoms with Crippen LogP contribution in [0.2, 0.25) is 0 Å². The Morgan fingerprint density at radius 2 is 1.88 bits per heavy atom. The molecule has 2 N–H and O–H groups in total. The third kappa shape index (κ3) is 6.19. The minimum absolute atomic E-state index is 0.0460. The first kappa shape index (κ1) is 18.8. The van der Waals surface area contributed by atoms with Crippen molar-refractivity contribution in [3.63, 3.8) is 0 Å². The summed E-state index contributed by atoms with van der Waals surface area (Å²) in [7, 11) is 0. The van der Waals surface area contributed by atoms with Crippen LogP contribution in [0.25, 0.3) is 0 Å². The quantitative estimate of drug-likeness (QED) is 0.740. The Morgan fingerprint density at radius 3 is 2.58 bits per heavy atom. The summed E-state index contributed by atoms with van der Waals surface area (Å²) in [4.78, 5) is 25.2. The number of hydrogen-bond donors (Lipinski definition) is 2. The summed E-state index contributed by atoms with van der Waals surface area (Å²) < 4.78 is 0. The molecule has 0 heterocycles. The second-order valence-electron chi connectivity index (χ2n) is 6.72. The van der Waals surface area contributed by atoms with Crippen molar-refractivity contribution in [1.29, 1.82) is 0 Å². The van der Waals surface area contributed by atoms with Gasteiger partial charge in [0.2, 0.25) is 5.91 Å². The summed E-state index contributed by atoms with van der Waals surface area (Å²) in [5.74, 6) is 0.941. The fourth-order valence-electron chi connectivity index (χ4n) is 2.96. The van der Waals surface area contributed by atoms with Crippen molar-refractivity contribution in [2.75, 3.05) is 12.3 Å². The van der Waals surface area contributed by atoms with Crippen molar-refractivity contribution in [1.82, 2.24) is 10.6 Å². The lowest BCUT2D eigenvalue weighted by atomic mass is 9.89. The molecule has 4 nitrogen and oxygen atoms in total. The first-order valence-corrected chi connectivity index (χ1v) is 9.84. The second kappa shape index (κ2) is 9.72. The molecular weight excluding hydrogens is 320 g/mol.